The van der Waals surface area contributed by atoms with Crippen molar-refractivity contribution in [2.45, 2.75) is 6.04 Å². The zero-order valence-electron chi connectivity index (χ0n) is 15.1. The van der Waals surface area contributed by atoms with Gasteiger partial charge in [0, 0.05) is 10.4 Å². The van der Waals surface area contributed by atoms with Crippen LogP contribution in [-0.4, -0.2) is 22.7 Å². The molecule has 0 bridgehead atoms. The van der Waals surface area contributed by atoms with E-state index in [9.17, 15) is 9.18 Å². The number of hydrogen-bond donors (Lipinski definition) is 1. The first-order chi connectivity index (χ1) is 14.2. The van der Waals surface area contributed by atoms with Gasteiger partial charge in [-0.1, -0.05) is 18.2 Å². The number of ether oxygens (including phenoxy) is 1. The van der Waals surface area contributed by atoms with Gasteiger partial charge in [-0.3, -0.25) is 4.79 Å². The van der Waals surface area contributed by atoms with E-state index in [0.29, 0.717) is 11.6 Å². The van der Waals surface area contributed by atoms with Crippen molar-refractivity contribution in [2.24, 2.45) is 0 Å². The molecule has 146 valence electrons. The number of rotatable bonds is 7. The van der Waals surface area contributed by atoms with E-state index in [-0.39, 0.29) is 24.4 Å². The first-order valence-corrected chi connectivity index (χ1v) is 9.64. The number of hydrogen-bond acceptors (Lipinski definition) is 6. The predicted octanol–water partition coefficient (Wildman–Crippen LogP) is 4.22. The maximum atomic E-state index is 13.3. The Morgan fingerprint density at radius 3 is 2.59 bits per heavy atom. The number of aromatic nitrogens is 2. The minimum atomic E-state index is -0.369. The summed E-state index contributed by atoms with van der Waals surface area (Å²) in [6, 6.07) is 16.5. The van der Waals surface area contributed by atoms with Crippen LogP contribution in [0.3, 0.4) is 0 Å². The fraction of sp³-hybridized carbons (Fsp3) is 0.0952. The van der Waals surface area contributed by atoms with E-state index >= 15 is 0 Å². The molecule has 0 fully saturated rings. The minimum absolute atomic E-state index is 0.150. The molecular formula is C21H16FN3O3S. The number of thiophene rings is 1. The van der Waals surface area contributed by atoms with Crippen molar-refractivity contribution in [2.75, 3.05) is 6.61 Å². The maximum absolute atomic E-state index is 13.3. The van der Waals surface area contributed by atoms with E-state index in [1.54, 1.807) is 36.4 Å². The van der Waals surface area contributed by atoms with E-state index < -0.39 is 0 Å². The molecule has 0 saturated carbocycles. The number of benzene rings is 2. The molecule has 0 aliphatic rings. The van der Waals surface area contributed by atoms with Crippen molar-refractivity contribution in [3.05, 3.63) is 88.7 Å². The highest BCUT2D eigenvalue weighted by Crippen LogP contribution is 2.26. The Morgan fingerprint density at radius 2 is 1.93 bits per heavy atom. The second kappa shape index (κ2) is 8.66. The fourth-order valence-electron chi connectivity index (χ4n) is 2.77. The Bertz CT molecular complexity index is 1050. The van der Waals surface area contributed by atoms with Crippen LogP contribution < -0.4 is 10.1 Å². The molecule has 0 aliphatic heterocycles. The molecule has 2 heterocycles. The van der Waals surface area contributed by atoms with Gasteiger partial charge in [-0.25, -0.2) is 4.39 Å². The van der Waals surface area contributed by atoms with Crippen LogP contribution in [0.2, 0.25) is 0 Å². The topological polar surface area (TPSA) is 77.2 Å². The highest BCUT2D eigenvalue weighted by molar-refractivity contribution is 7.10. The molecule has 2 aromatic heterocycles. The summed E-state index contributed by atoms with van der Waals surface area (Å²) in [5.74, 6) is 0.344. The average molecular weight is 409 g/mol. The Morgan fingerprint density at radius 1 is 1.14 bits per heavy atom. The molecule has 4 rings (SSSR count). The van der Waals surface area contributed by atoms with Crippen molar-refractivity contribution in [1.29, 1.82) is 0 Å². The number of carbonyl (C=O) groups is 1. The fourth-order valence-corrected chi connectivity index (χ4v) is 3.58. The van der Waals surface area contributed by atoms with Crippen molar-refractivity contribution >= 4 is 17.2 Å². The summed E-state index contributed by atoms with van der Waals surface area (Å²) in [5, 5.41) is 12.4. The first-order valence-electron chi connectivity index (χ1n) is 8.77. The van der Waals surface area contributed by atoms with Crippen LogP contribution in [0.15, 0.2) is 76.9 Å². The highest BCUT2D eigenvalue weighted by atomic mass is 32.1. The summed E-state index contributed by atoms with van der Waals surface area (Å²) in [7, 11) is 0. The lowest BCUT2D eigenvalue weighted by atomic mass is 10.1. The van der Waals surface area contributed by atoms with Gasteiger partial charge in [-0.2, -0.15) is 0 Å². The predicted molar refractivity (Wildman–Crippen MR) is 106 cm³/mol. The molecule has 2 aromatic carbocycles. The second-order valence-corrected chi connectivity index (χ2v) is 7.10. The lowest BCUT2D eigenvalue weighted by Gasteiger charge is -2.18. The average Bonchev–Trinajstić information content (AvgIpc) is 3.46. The van der Waals surface area contributed by atoms with Gasteiger partial charge in [0.1, 0.15) is 11.6 Å². The number of carbonyl (C=O) groups excluding carboxylic acids is 1. The van der Waals surface area contributed by atoms with Gasteiger partial charge in [-0.05, 0) is 53.4 Å². The number of nitrogens with zero attached hydrogens (tertiary/aromatic N) is 2. The molecule has 4 aromatic rings. The molecule has 0 aliphatic carbocycles. The van der Waals surface area contributed by atoms with E-state index in [4.69, 9.17) is 9.15 Å². The summed E-state index contributed by atoms with van der Waals surface area (Å²) in [5.41, 5.74) is 1.56. The normalized spacial score (nSPS) is 11.8. The third-order valence-corrected chi connectivity index (χ3v) is 5.10. The number of nitrogens with one attached hydrogen (secondary N) is 1. The van der Waals surface area contributed by atoms with Gasteiger partial charge in [0.05, 0.1) is 6.04 Å². The third kappa shape index (κ3) is 4.67. The monoisotopic (exact) mass is 409 g/mol. The van der Waals surface area contributed by atoms with Crippen molar-refractivity contribution in [3.8, 4) is 17.2 Å². The maximum Gasteiger partial charge on any atom is 0.258 e. The van der Waals surface area contributed by atoms with Gasteiger partial charge < -0.3 is 14.5 Å². The van der Waals surface area contributed by atoms with Crippen LogP contribution in [0.5, 0.6) is 5.75 Å². The Hall–Kier alpha value is -3.52. The van der Waals surface area contributed by atoms with Crippen LogP contribution in [0.1, 0.15) is 16.5 Å². The van der Waals surface area contributed by atoms with Gasteiger partial charge in [-0.15, -0.1) is 21.5 Å². The summed E-state index contributed by atoms with van der Waals surface area (Å²) in [4.78, 5) is 13.4. The minimum Gasteiger partial charge on any atom is -0.484 e. The smallest absolute Gasteiger partial charge is 0.258 e. The lowest BCUT2D eigenvalue weighted by Crippen LogP contribution is -2.32. The van der Waals surface area contributed by atoms with Gasteiger partial charge in [0.25, 0.3) is 5.91 Å². The van der Waals surface area contributed by atoms with Crippen LogP contribution in [0.4, 0.5) is 4.39 Å². The Labute approximate surface area is 170 Å². The van der Waals surface area contributed by atoms with Crippen molar-refractivity contribution in [3.63, 3.8) is 0 Å². The van der Waals surface area contributed by atoms with Crippen molar-refractivity contribution < 1.29 is 18.3 Å². The number of halogens is 1. The molecule has 1 unspecified atom stereocenters. The van der Waals surface area contributed by atoms with Gasteiger partial charge >= 0.3 is 0 Å². The summed E-state index contributed by atoms with van der Waals surface area (Å²) in [6.45, 7) is -0.150. The van der Waals surface area contributed by atoms with Crippen LogP contribution >= 0.6 is 11.3 Å². The van der Waals surface area contributed by atoms with E-state index in [1.807, 2.05) is 17.5 Å². The molecule has 29 heavy (non-hydrogen) atoms. The Kier molecular flexibility index (Phi) is 5.62. The summed E-state index contributed by atoms with van der Waals surface area (Å²) in [6.07, 6.45) is 1.26. The molecule has 6 nitrogen and oxygen atoms in total. The SMILES string of the molecule is O=C(COc1ccc(-c2nnco2)cc1)NC(c1ccc(F)cc1)c1cccs1. The largest absolute Gasteiger partial charge is 0.484 e. The summed E-state index contributed by atoms with van der Waals surface area (Å²) >= 11 is 1.52. The Balaban J connectivity index is 1.40. The quantitative estimate of drug-likeness (QED) is 0.494. The van der Waals surface area contributed by atoms with Gasteiger partial charge in [0.2, 0.25) is 12.3 Å². The molecule has 8 heteroatoms. The zero-order valence-corrected chi connectivity index (χ0v) is 15.9. The molecule has 0 spiro atoms. The van der Waals surface area contributed by atoms with E-state index in [0.717, 1.165) is 16.0 Å². The molecule has 1 N–H and O–H groups in total. The molecule has 0 saturated heterocycles. The second-order valence-electron chi connectivity index (χ2n) is 6.12. The van der Waals surface area contributed by atoms with Gasteiger partial charge in [0.15, 0.2) is 6.61 Å². The number of amides is 1. The molecular weight excluding hydrogens is 393 g/mol. The van der Waals surface area contributed by atoms with Crippen LogP contribution in [0, 0.1) is 5.82 Å². The third-order valence-electron chi connectivity index (χ3n) is 4.17. The highest BCUT2D eigenvalue weighted by Gasteiger charge is 2.18. The first kappa shape index (κ1) is 18.8. The van der Waals surface area contributed by atoms with Crippen LogP contribution in [-0.2, 0) is 4.79 Å². The lowest BCUT2D eigenvalue weighted by molar-refractivity contribution is -0.123. The van der Waals surface area contributed by atoms with E-state index in [1.165, 1.54) is 29.9 Å². The molecule has 0 radical (unpaired) electrons. The van der Waals surface area contributed by atoms with Crippen molar-refractivity contribution in [1.82, 2.24) is 15.5 Å². The standard InChI is InChI=1S/C21H16FN3O3S/c22-16-7-3-14(4-8-16)20(18-2-1-11-29-18)24-19(26)12-27-17-9-5-15(6-10-17)21-25-23-13-28-21/h1-11,13,20H,12H2,(H,24,26). The molecule has 1 atom stereocenters. The van der Waals surface area contributed by atoms with Crippen LogP contribution in [0.25, 0.3) is 11.5 Å². The van der Waals surface area contributed by atoms with E-state index in [2.05, 4.69) is 15.5 Å². The zero-order chi connectivity index (χ0) is 20.1. The summed E-state index contributed by atoms with van der Waals surface area (Å²) < 4.78 is 24.0. The molecule has 1 amide bonds.